The van der Waals surface area contributed by atoms with Crippen LogP contribution in [0.5, 0.6) is 0 Å². The third-order valence-corrected chi connectivity index (χ3v) is 2.55. The average Bonchev–Trinajstić information content (AvgIpc) is 2.58. The molecule has 0 atom stereocenters. The predicted molar refractivity (Wildman–Crippen MR) is 44.5 cm³/mol. The van der Waals surface area contributed by atoms with Crippen molar-refractivity contribution in [3.05, 3.63) is 24.2 Å². The summed E-state index contributed by atoms with van der Waals surface area (Å²) >= 11 is 0. The monoisotopic (exact) mass is 150 g/mol. The molecule has 1 fully saturated rings. The first kappa shape index (κ1) is 6.96. The highest BCUT2D eigenvalue weighted by atomic mass is 16.3. The van der Waals surface area contributed by atoms with Crippen molar-refractivity contribution in [2.24, 2.45) is 0 Å². The van der Waals surface area contributed by atoms with Crippen LogP contribution in [0.1, 0.15) is 43.8 Å². The molecule has 1 nitrogen and oxygen atoms in total. The van der Waals surface area contributed by atoms with Crippen LogP contribution in [-0.4, -0.2) is 0 Å². The van der Waals surface area contributed by atoms with Crippen molar-refractivity contribution < 1.29 is 4.42 Å². The maximum atomic E-state index is 5.37. The summed E-state index contributed by atoms with van der Waals surface area (Å²) in [4.78, 5) is 0. The normalized spacial score (nSPS) is 20.4. The Labute approximate surface area is 67.4 Å². The van der Waals surface area contributed by atoms with Gasteiger partial charge in [-0.1, -0.05) is 19.3 Å². The van der Waals surface area contributed by atoms with Gasteiger partial charge in [0, 0.05) is 5.92 Å². The molecule has 0 bridgehead atoms. The second-order valence-electron chi connectivity index (χ2n) is 3.35. The van der Waals surface area contributed by atoms with Crippen molar-refractivity contribution in [3.8, 4) is 0 Å². The Morgan fingerprint density at radius 3 is 2.64 bits per heavy atom. The summed E-state index contributed by atoms with van der Waals surface area (Å²) in [5.41, 5.74) is 0. The minimum absolute atomic E-state index is 0.721. The Morgan fingerprint density at radius 2 is 2.00 bits per heavy atom. The zero-order valence-electron chi connectivity index (χ0n) is 6.75. The lowest BCUT2D eigenvalue weighted by atomic mass is 9.88. The minimum atomic E-state index is 0.721. The van der Waals surface area contributed by atoms with E-state index < -0.39 is 0 Å². The zero-order valence-corrected chi connectivity index (χ0v) is 6.75. The topological polar surface area (TPSA) is 13.1 Å². The van der Waals surface area contributed by atoms with Crippen LogP contribution in [0.2, 0.25) is 0 Å². The molecule has 0 radical (unpaired) electrons. The van der Waals surface area contributed by atoms with Crippen molar-refractivity contribution in [3.63, 3.8) is 0 Å². The zero-order chi connectivity index (χ0) is 7.52. The summed E-state index contributed by atoms with van der Waals surface area (Å²) in [5, 5.41) is 0. The number of hydrogen-bond acceptors (Lipinski definition) is 1. The van der Waals surface area contributed by atoms with E-state index in [-0.39, 0.29) is 0 Å². The molecule has 1 aliphatic rings. The summed E-state index contributed by atoms with van der Waals surface area (Å²) in [7, 11) is 0. The highest BCUT2D eigenvalue weighted by molar-refractivity contribution is 5.05. The van der Waals surface area contributed by atoms with Crippen molar-refractivity contribution in [1.82, 2.24) is 0 Å². The first-order chi connectivity index (χ1) is 5.47. The van der Waals surface area contributed by atoms with Crippen LogP contribution in [-0.2, 0) is 0 Å². The van der Waals surface area contributed by atoms with E-state index in [0.29, 0.717) is 0 Å². The number of hydrogen-bond donors (Lipinski definition) is 0. The van der Waals surface area contributed by atoms with Gasteiger partial charge in [0.15, 0.2) is 0 Å². The van der Waals surface area contributed by atoms with Crippen molar-refractivity contribution in [2.75, 3.05) is 0 Å². The smallest absolute Gasteiger partial charge is 0.106 e. The lowest BCUT2D eigenvalue weighted by molar-refractivity contribution is 0.374. The first-order valence-electron chi connectivity index (χ1n) is 4.50. The summed E-state index contributed by atoms with van der Waals surface area (Å²) < 4.78 is 5.37. The van der Waals surface area contributed by atoms with E-state index in [9.17, 15) is 0 Å². The third-order valence-electron chi connectivity index (χ3n) is 2.55. The Hall–Kier alpha value is -0.720. The van der Waals surface area contributed by atoms with E-state index in [1.807, 2.05) is 6.07 Å². The van der Waals surface area contributed by atoms with E-state index >= 15 is 0 Å². The fraction of sp³-hybridized carbons (Fsp3) is 0.600. The molecule has 1 saturated carbocycles. The molecule has 11 heavy (non-hydrogen) atoms. The summed E-state index contributed by atoms with van der Waals surface area (Å²) in [6.07, 6.45) is 8.61. The van der Waals surface area contributed by atoms with Gasteiger partial charge in [-0.25, -0.2) is 0 Å². The van der Waals surface area contributed by atoms with Crippen LogP contribution in [0.3, 0.4) is 0 Å². The summed E-state index contributed by atoms with van der Waals surface area (Å²) in [5.74, 6) is 1.92. The molecule has 1 aliphatic carbocycles. The molecule has 0 aromatic carbocycles. The van der Waals surface area contributed by atoms with Gasteiger partial charge in [0.2, 0.25) is 0 Å². The lowest BCUT2D eigenvalue weighted by Gasteiger charge is -2.18. The summed E-state index contributed by atoms with van der Waals surface area (Å²) in [6.45, 7) is 0. The molecule has 0 N–H and O–H groups in total. The van der Waals surface area contributed by atoms with Crippen LogP contribution in [0, 0.1) is 0 Å². The Morgan fingerprint density at radius 1 is 1.18 bits per heavy atom. The van der Waals surface area contributed by atoms with E-state index in [2.05, 4.69) is 6.07 Å². The van der Waals surface area contributed by atoms with E-state index in [1.165, 1.54) is 37.9 Å². The van der Waals surface area contributed by atoms with Gasteiger partial charge < -0.3 is 4.42 Å². The van der Waals surface area contributed by atoms with Gasteiger partial charge in [0.25, 0.3) is 0 Å². The molecule has 0 saturated heterocycles. The maximum Gasteiger partial charge on any atom is 0.106 e. The standard InChI is InChI=1S/C10H14O/c1-2-5-9(6-3-1)10-7-4-8-11-10/h4,7-9H,1-3,5-6H2. The molecular weight excluding hydrogens is 136 g/mol. The second-order valence-corrected chi connectivity index (χ2v) is 3.35. The predicted octanol–water partition coefficient (Wildman–Crippen LogP) is 3.33. The highest BCUT2D eigenvalue weighted by Gasteiger charge is 2.16. The molecule has 0 aliphatic heterocycles. The largest absolute Gasteiger partial charge is 0.469 e. The molecule has 1 heterocycles. The quantitative estimate of drug-likeness (QED) is 0.598. The molecule has 0 spiro atoms. The number of rotatable bonds is 1. The van der Waals surface area contributed by atoms with Gasteiger partial charge >= 0.3 is 0 Å². The van der Waals surface area contributed by atoms with Gasteiger partial charge in [-0.15, -0.1) is 0 Å². The van der Waals surface area contributed by atoms with Crippen molar-refractivity contribution in [2.45, 2.75) is 38.0 Å². The molecule has 1 heteroatoms. The fourth-order valence-corrected chi connectivity index (χ4v) is 1.91. The third kappa shape index (κ3) is 1.47. The Bertz CT molecular complexity index is 195. The summed E-state index contributed by atoms with van der Waals surface area (Å²) in [6, 6.07) is 4.10. The fourth-order valence-electron chi connectivity index (χ4n) is 1.91. The Kier molecular flexibility index (Phi) is 1.97. The maximum absolute atomic E-state index is 5.37. The average molecular weight is 150 g/mol. The van der Waals surface area contributed by atoms with Gasteiger partial charge in [0.1, 0.15) is 5.76 Å². The molecule has 2 rings (SSSR count). The van der Waals surface area contributed by atoms with Crippen molar-refractivity contribution >= 4 is 0 Å². The van der Waals surface area contributed by atoms with E-state index in [4.69, 9.17) is 4.42 Å². The van der Waals surface area contributed by atoms with Crippen LogP contribution in [0.25, 0.3) is 0 Å². The number of furan rings is 1. The Balaban J connectivity index is 2.04. The van der Waals surface area contributed by atoms with Crippen molar-refractivity contribution in [1.29, 1.82) is 0 Å². The first-order valence-corrected chi connectivity index (χ1v) is 4.50. The van der Waals surface area contributed by atoms with Crippen LogP contribution < -0.4 is 0 Å². The van der Waals surface area contributed by atoms with E-state index in [1.54, 1.807) is 6.26 Å². The minimum Gasteiger partial charge on any atom is -0.469 e. The van der Waals surface area contributed by atoms with Gasteiger partial charge in [-0.05, 0) is 25.0 Å². The molecule has 1 aromatic rings. The van der Waals surface area contributed by atoms with Crippen LogP contribution >= 0.6 is 0 Å². The van der Waals surface area contributed by atoms with Gasteiger partial charge in [-0.3, -0.25) is 0 Å². The molecule has 60 valence electrons. The molecular formula is C10H14O. The molecule has 1 aromatic heterocycles. The second kappa shape index (κ2) is 3.12. The van der Waals surface area contributed by atoms with E-state index in [0.717, 1.165) is 5.92 Å². The lowest BCUT2D eigenvalue weighted by Crippen LogP contribution is -2.02. The molecule has 0 unspecified atom stereocenters. The van der Waals surface area contributed by atoms with Crippen LogP contribution in [0.4, 0.5) is 0 Å². The highest BCUT2D eigenvalue weighted by Crippen LogP contribution is 2.32. The van der Waals surface area contributed by atoms with Gasteiger partial charge in [0.05, 0.1) is 6.26 Å². The molecule has 0 amide bonds. The van der Waals surface area contributed by atoms with Gasteiger partial charge in [-0.2, -0.15) is 0 Å². The SMILES string of the molecule is c1coc(C2CCCCC2)c1. The van der Waals surface area contributed by atoms with Crippen LogP contribution in [0.15, 0.2) is 22.8 Å².